The summed E-state index contributed by atoms with van der Waals surface area (Å²) in [6.07, 6.45) is -2.19. The molecular formula is C34H36O6. The quantitative estimate of drug-likeness (QED) is 0.224. The Hall–Kier alpha value is -3.36. The summed E-state index contributed by atoms with van der Waals surface area (Å²) >= 11 is 0. The van der Waals surface area contributed by atoms with Crippen LogP contribution in [0.2, 0.25) is 0 Å². The fourth-order valence-corrected chi connectivity index (χ4v) is 4.74. The summed E-state index contributed by atoms with van der Waals surface area (Å²) in [7, 11) is 0. The third-order valence-corrected chi connectivity index (χ3v) is 6.87. The van der Waals surface area contributed by atoms with Crippen LogP contribution in [0.15, 0.2) is 121 Å². The van der Waals surface area contributed by atoms with E-state index >= 15 is 0 Å². The Morgan fingerprint density at radius 3 is 1.57 bits per heavy atom. The van der Waals surface area contributed by atoms with Crippen molar-refractivity contribution >= 4 is 0 Å². The van der Waals surface area contributed by atoms with E-state index in [4.69, 9.17) is 23.7 Å². The summed E-state index contributed by atoms with van der Waals surface area (Å²) in [5, 5.41) is 11.3. The summed E-state index contributed by atoms with van der Waals surface area (Å²) < 4.78 is 31.4. The highest BCUT2D eigenvalue weighted by atomic mass is 16.8. The third-order valence-electron chi connectivity index (χ3n) is 6.87. The van der Waals surface area contributed by atoms with Gasteiger partial charge in [0.05, 0.1) is 32.5 Å². The summed E-state index contributed by atoms with van der Waals surface area (Å²) in [6.45, 7) is 1.48. The van der Waals surface area contributed by atoms with Crippen LogP contribution in [0, 0.1) is 0 Å². The number of benzene rings is 4. The smallest absolute Gasteiger partial charge is 0.197 e. The summed E-state index contributed by atoms with van der Waals surface area (Å²) in [6, 6.07) is 39.6. The van der Waals surface area contributed by atoms with Crippen molar-refractivity contribution in [2.24, 2.45) is 0 Å². The zero-order chi connectivity index (χ0) is 27.5. The number of hydrogen-bond donors (Lipinski definition) is 1. The minimum atomic E-state index is -1.28. The molecule has 208 valence electrons. The predicted octanol–water partition coefficient (Wildman–Crippen LogP) is 6.03. The molecule has 4 atom stereocenters. The van der Waals surface area contributed by atoms with E-state index in [1.54, 1.807) is 0 Å². The molecule has 6 heteroatoms. The third kappa shape index (κ3) is 8.08. The lowest BCUT2D eigenvalue weighted by molar-refractivity contribution is -0.383. The molecule has 1 N–H and O–H groups in total. The molecule has 1 fully saturated rings. The highest BCUT2D eigenvalue weighted by Gasteiger charge is 2.49. The average Bonchev–Trinajstić information content (AvgIpc) is 3.01. The Labute approximate surface area is 236 Å². The lowest BCUT2D eigenvalue weighted by Gasteiger charge is -2.46. The molecular weight excluding hydrogens is 504 g/mol. The highest BCUT2D eigenvalue weighted by molar-refractivity contribution is 5.16. The van der Waals surface area contributed by atoms with Gasteiger partial charge in [-0.05, 0) is 22.3 Å². The molecule has 0 radical (unpaired) electrons. The molecule has 6 nitrogen and oxygen atoms in total. The summed E-state index contributed by atoms with van der Waals surface area (Å²) in [5.74, 6) is -1.24. The monoisotopic (exact) mass is 540 g/mol. The van der Waals surface area contributed by atoms with Crippen LogP contribution in [0.4, 0.5) is 0 Å². The van der Waals surface area contributed by atoms with Crippen molar-refractivity contribution in [3.05, 3.63) is 144 Å². The minimum absolute atomic E-state index is 0.113. The minimum Gasteiger partial charge on any atom is -0.371 e. The largest absolute Gasteiger partial charge is 0.371 e. The molecule has 4 aromatic carbocycles. The Morgan fingerprint density at radius 1 is 0.600 bits per heavy atom. The fraction of sp³-hybridized carbons (Fsp3) is 0.294. The van der Waals surface area contributed by atoms with Crippen LogP contribution in [0.3, 0.4) is 0 Å². The maximum Gasteiger partial charge on any atom is 0.197 e. The van der Waals surface area contributed by atoms with Gasteiger partial charge in [-0.2, -0.15) is 0 Å². The van der Waals surface area contributed by atoms with Gasteiger partial charge >= 0.3 is 0 Å². The molecule has 3 unspecified atom stereocenters. The lowest BCUT2D eigenvalue weighted by atomic mass is 9.98. The van der Waals surface area contributed by atoms with Crippen LogP contribution in [-0.4, -0.2) is 36.0 Å². The highest BCUT2D eigenvalue weighted by Crippen LogP contribution is 2.35. The van der Waals surface area contributed by atoms with Gasteiger partial charge in [0.2, 0.25) is 0 Å². The Kier molecular flexibility index (Phi) is 10.1. The standard InChI is InChI=1S/C34H36O6/c35-33-32(38-24-29-17-9-3-10-18-29)31(37-23-28-15-7-2-8-16-28)21-34(40-33,39-25-30-19-11-4-12-20-30)26-36-22-27-13-5-1-6-14-27/h1-20,31-33,35H,21-26H2/t31?,32?,33-,34?/m1/s1. The maximum absolute atomic E-state index is 11.3. The van der Waals surface area contributed by atoms with Crippen molar-refractivity contribution in [3.8, 4) is 0 Å². The van der Waals surface area contributed by atoms with Crippen molar-refractivity contribution in [2.75, 3.05) is 6.61 Å². The predicted molar refractivity (Wildman–Crippen MR) is 152 cm³/mol. The molecule has 5 rings (SSSR count). The molecule has 1 aliphatic rings. The Bertz CT molecular complexity index is 1250. The number of aliphatic hydroxyl groups excluding tert-OH is 1. The summed E-state index contributed by atoms with van der Waals surface area (Å²) in [4.78, 5) is 0. The van der Waals surface area contributed by atoms with Crippen molar-refractivity contribution < 1.29 is 28.8 Å². The Balaban J connectivity index is 1.34. The Morgan fingerprint density at radius 2 is 1.05 bits per heavy atom. The van der Waals surface area contributed by atoms with Crippen LogP contribution in [0.5, 0.6) is 0 Å². The van der Waals surface area contributed by atoms with Crippen molar-refractivity contribution in [1.29, 1.82) is 0 Å². The molecule has 0 amide bonds. The van der Waals surface area contributed by atoms with E-state index in [9.17, 15) is 5.11 Å². The fourth-order valence-electron chi connectivity index (χ4n) is 4.74. The van der Waals surface area contributed by atoms with Gasteiger partial charge in [0.25, 0.3) is 0 Å². The molecule has 1 aliphatic heterocycles. The molecule has 0 aliphatic carbocycles. The number of ether oxygens (including phenoxy) is 5. The molecule has 1 heterocycles. The first-order valence-corrected chi connectivity index (χ1v) is 13.7. The molecule has 1 saturated heterocycles. The van der Waals surface area contributed by atoms with Crippen LogP contribution in [-0.2, 0) is 50.1 Å². The van der Waals surface area contributed by atoms with Gasteiger partial charge in [-0.3, -0.25) is 0 Å². The second kappa shape index (κ2) is 14.3. The first-order chi connectivity index (χ1) is 19.7. The van der Waals surface area contributed by atoms with Crippen LogP contribution < -0.4 is 0 Å². The van der Waals surface area contributed by atoms with E-state index in [0.717, 1.165) is 22.3 Å². The summed E-state index contributed by atoms with van der Waals surface area (Å²) in [5.41, 5.74) is 4.06. The van der Waals surface area contributed by atoms with Crippen molar-refractivity contribution in [1.82, 2.24) is 0 Å². The van der Waals surface area contributed by atoms with E-state index < -0.39 is 24.3 Å². The SMILES string of the molecule is O[C@@H]1OC(COCc2ccccc2)(OCc2ccccc2)CC(OCc2ccccc2)C1OCc1ccccc1. The second-order valence-electron chi connectivity index (χ2n) is 9.97. The maximum atomic E-state index is 11.3. The van der Waals surface area contributed by atoms with E-state index in [1.165, 1.54) is 0 Å². The number of aliphatic hydroxyl groups is 1. The first kappa shape index (κ1) is 28.2. The average molecular weight is 541 g/mol. The van der Waals surface area contributed by atoms with Gasteiger partial charge in [-0.1, -0.05) is 121 Å². The molecule has 0 saturated carbocycles. The van der Waals surface area contributed by atoms with Crippen LogP contribution >= 0.6 is 0 Å². The van der Waals surface area contributed by atoms with Crippen LogP contribution in [0.1, 0.15) is 28.7 Å². The normalized spacial score (nSPS) is 22.7. The molecule has 0 aromatic heterocycles. The van der Waals surface area contributed by atoms with Crippen molar-refractivity contribution in [2.45, 2.75) is 57.1 Å². The van der Waals surface area contributed by atoms with Gasteiger partial charge in [0.15, 0.2) is 12.1 Å². The molecule has 0 spiro atoms. The van der Waals surface area contributed by atoms with Gasteiger partial charge in [0, 0.05) is 6.42 Å². The zero-order valence-corrected chi connectivity index (χ0v) is 22.5. The van der Waals surface area contributed by atoms with Crippen molar-refractivity contribution in [3.63, 3.8) is 0 Å². The molecule has 4 aromatic rings. The van der Waals surface area contributed by atoms with E-state index in [0.29, 0.717) is 32.8 Å². The lowest BCUT2D eigenvalue weighted by Crippen LogP contribution is -2.59. The number of hydrogen-bond acceptors (Lipinski definition) is 6. The van der Waals surface area contributed by atoms with E-state index in [2.05, 4.69) is 0 Å². The molecule has 0 bridgehead atoms. The molecule has 40 heavy (non-hydrogen) atoms. The van der Waals surface area contributed by atoms with E-state index in [1.807, 2.05) is 121 Å². The topological polar surface area (TPSA) is 66.4 Å². The van der Waals surface area contributed by atoms with Crippen LogP contribution in [0.25, 0.3) is 0 Å². The number of rotatable bonds is 13. The van der Waals surface area contributed by atoms with Gasteiger partial charge < -0.3 is 28.8 Å². The van der Waals surface area contributed by atoms with Gasteiger partial charge in [0.1, 0.15) is 12.7 Å². The second-order valence-corrected chi connectivity index (χ2v) is 9.97. The van der Waals surface area contributed by atoms with E-state index in [-0.39, 0.29) is 6.61 Å². The zero-order valence-electron chi connectivity index (χ0n) is 22.5. The van der Waals surface area contributed by atoms with Gasteiger partial charge in [-0.25, -0.2) is 0 Å². The first-order valence-electron chi connectivity index (χ1n) is 13.7. The van der Waals surface area contributed by atoms with Gasteiger partial charge in [-0.15, -0.1) is 0 Å².